The maximum absolute atomic E-state index is 10.9. The van der Waals surface area contributed by atoms with Crippen LogP contribution in [-0.2, 0) is 11.2 Å². The lowest BCUT2D eigenvalue weighted by atomic mass is 9.77. The summed E-state index contributed by atoms with van der Waals surface area (Å²) in [5.74, 6) is 0.449. The molecule has 1 aromatic rings. The van der Waals surface area contributed by atoms with Crippen molar-refractivity contribution in [2.75, 3.05) is 7.11 Å². The SMILES string of the molecule is CC(N)(C=O)CC1CCCc2ccccc21.CO. The summed E-state index contributed by atoms with van der Waals surface area (Å²) in [6, 6.07) is 8.53. The van der Waals surface area contributed by atoms with Gasteiger partial charge in [0.1, 0.15) is 6.29 Å². The summed E-state index contributed by atoms with van der Waals surface area (Å²) in [5.41, 5.74) is 8.08. The van der Waals surface area contributed by atoms with Gasteiger partial charge in [-0.3, -0.25) is 0 Å². The van der Waals surface area contributed by atoms with Crippen LogP contribution in [0.3, 0.4) is 0 Å². The molecule has 1 aliphatic carbocycles. The third kappa shape index (κ3) is 3.65. The molecule has 2 rings (SSSR count). The Morgan fingerprint density at radius 2 is 2.11 bits per heavy atom. The lowest BCUT2D eigenvalue weighted by molar-refractivity contribution is -0.112. The normalized spacial score (nSPS) is 21.0. The van der Waals surface area contributed by atoms with Crippen LogP contribution >= 0.6 is 0 Å². The van der Waals surface area contributed by atoms with Crippen LogP contribution in [0.15, 0.2) is 24.3 Å². The number of fused-ring (bicyclic) bond motifs is 1. The van der Waals surface area contributed by atoms with Crippen molar-refractivity contribution in [2.24, 2.45) is 5.73 Å². The molecule has 3 N–H and O–H groups in total. The summed E-state index contributed by atoms with van der Waals surface area (Å²) >= 11 is 0. The van der Waals surface area contributed by atoms with Crippen LogP contribution in [0.5, 0.6) is 0 Å². The Hall–Kier alpha value is -1.19. The molecule has 0 heterocycles. The van der Waals surface area contributed by atoms with Crippen LogP contribution in [0.4, 0.5) is 0 Å². The van der Waals surface area contributed by atoms with Crippen molar-refractivity contribution in [3.63, 3.8) is 0 Å². The predicted octanol–water partition coefficient (Wildman–Crippen LogP) is 2.02. The van der Waals surface area contributed by atoms with Crippen LogP contribution in [0.1, 0.15) is 43.2 Å². The molecule has 1 aliphatic rings. The van der Waals surface area contributed by atoms with E-state index >= 15 is 0 Å². The number of aliphatic hydroxyl groups excluding tert-OH is 1. The topological polar surface area (TPSA) is 63.3 Å². The second kappa shape index (κ2) is 6.66. The fourth-order valence-electron chi connectivity index (χ4n) is 2.65. The van der Waals surface area contributed by atoms with Crippen molar-refractivity contribution in [1.29, 1.82) is 0 Å². The number of carbonyl (C=O) groups excluding carboxylic acids is 1. The fourth-order valence-corrected chi connectivity index (χ4v) is 2.65. The minimum atomic E-state index is -0.685. The number of aliphatic hydroxyl groups is 1. The third-order valence-corrected chi connectivity index (χ3v) is 3.45. The van der Waals surface area contributed by atoms with E-state index in [1.54, 1.807) is 0 Å². The van der Waals surface area contributed by atoms with Crippen molar-refractivity contribution >= 4 is 6.29 Å². The number of carbonyl (C=O) groups is 1. The second-order valence-electron chi connectivity index (χ2n) is 5.12. The average molecular weight is 249 g/mol. The van der Waals surface area contributed by atoms with Gasteiger partial charge in [-0.05, 0) is 49.7 Å². The van der Waals surface area contributed by atoms with E-state index in [4.69, 9.17) is 10.8 Å². The quantitative estimate of drug-likeness (QED) is 0.806. The summed E-state index contributed by atoms with van der Waals surface area (Å²) in [7, 11) is 1.00. The first-order chi connectivity index (χ1) is 8.62. The van der Waals surface area contributed by atoms with Gasteiger partial charge in [-0.25, -0.2) is 0 Å². The number of aryl methyl sites for hydroxylation is 1. The standard InChI is InChI=1S/C14H19NO.CH4O/c1-14(15,10-16)9-12-7-4-6-11-5-2-3-8-13(11)12;1-2/h2-3,5,8,10,12H,4,6-7,9,15H2,1H3;2H,1H3. The van der Waals surface area contributed by atoms with E-state index in [0.717, 1.165) is 32.7 Å². The molecule has 0 saturated heterocycles. The molecule has 3 heteroatoms. The van der Waals surface area contributed by atoms with Gasteiger partial charge in [-0.15, -0.1) is 0 Å². The minimum absolute atomic E-state index is 0.449. The van der Waals surface area contributed by atoms with Crippen molar-refractivity contribution in [3.8, 4) is 0 Å². The molecule has 3 nitrogen and oxygen atoms in total. The molecule has 0 aromatic heterocycles. The molecular formula is C15H23NO2. The Morgan fingerprint density at radius 1 is 1.44 bits per heavy atom. The number of aldehydes is 1. The summed E-state index contributed by atoms with van der Waals surface area (Å²) in [5, 5.41) is 7.00. The van der Waals surface area contributed by atoms with Crippen LogP contribution in [0, 0.1) is 0 Å². The van der Waals surface area contributed by atoms with Crippen molar-refractivity contribution in [3.05, 3.63) is 35.4 Å². The van der Waals surface area contributed by atoms with Crippen LogP contribution in [-0.4, -0.2) is 24.0 Å². The summed E-state index contributed by atoms with van der Waals surface area (Å²) < 4.78 is 0. The largest absolute Gasteiger partial charge is 0.400 e. The number of rotatable bonds is 3. The van der Waals surface area contributed by atoms with Gasteiger partial charge in [0.05, 0.1) is 5.54 Å². The first kappa shape index (κ1) is 14.9. The molecule has 100 valence electrons. The first-order valence-corrected chi connectivity index (χ1v) is 6.40. The minimum Gasteiger partial charge on any atom is -0.400 e. The monoisotopic (exact) mass is 249 g/mol. The average Bonchev–Trinajstić information content (AvgIpc) is 2.41. The summed E-state index contributed by atoms with van der Waals surface area (Å²) in [4.78, 5) is 10.9. The molecular weight excluding hydrogens is 226 g/mol. The van der Waals surface area contributed by atoms with Crippen molar-refractivity contribution < 1.29 is 9.90 Å². The third-order valence-electron chi connectivity index (χ3n) is 3.45. The Balaban J connectivity index is 0.000000771. The Morgan fingerprint density at radius 3 is 2.78 bits per heavy atom. The molecule has 18 heavy (non-hydrogen) atoms. The van der Waals surface area contributed by atoms with Gasteiger partial charge < -0.3 is 15.6 Å². The van der Waals surface area contributed by atoms with E-state index in [2.05, 4.69) is 24.3 Å². The summed E-state index contributed by atoms with van der Waals surface area (Å²) in [6.07, 6.45) is 5.15. The van der Waals surface area contributed by atoms with Gasteiger partial charge >= 0.3 is 0 Å². The fraction of sp³-hybridized carbons (Fsp3) is 0.533. The molecule has 2 unspecified atom stereocenters. The van der Waals surface area contributed by atoms with E-state index in [1.807, 2.05) is 6.92 Å². The molecule has 0 amide bonds. The second-order valence-corrected chi connectivity index (χ2v) is 5.12. The van der Waals surface area contributed by atoms with Crippen molar-refractivity contribution in [2.45, 2.75) is 44.1 Å². The lowest BCUT2D eigenvalue weighted by Crippen LogP contribution is -2.39. The zero-order valence-corrected chi connectivity index (χ0v) is 11.2. The van der Waals surface area contributed by atoms with Gasteiger partial charge in [-0.2, -0.15) is 0 Å². The smallest absolute Gasteiger partial charge is 0.139 e. The highest BCUT2D eigenvalue weighted by molar-refractivity contribution is 5.63. The molecule has 0 saturated carbocycles. The Labute approximate surface area is 109 Å². The van der Waals surface area contributed by atoms with E-state index in [1.165, 1.54) is 17.5 Å². The highest BCUT2D eigenvalue weighted by atomic mass is 16.2. The van der Waals surface area contributed by atoms with E-state index < -0.39 is 5.54 Å². The first-order valence-electron chi connectivity index (χ1n) is 6.40. The lowest BCUT2D eigenvalue weighted by Gasteiger charge is -2.30. The molecule has 2 atom stereocenters. The van der Waals surface area contributed by atoms with Crippen LogP contribution in [0.2, 0.25) is 0 Å². The highest BCUT2D eigenvalue weighted by Gasteiger charge is 2.27. The zero-order chi connectivity index (χ0) is 13.6. The maximum Gasteiger partial charge on any atom is 0.139 e. The predicted molar refractivity (Wildman–Crippen MR) is 73.5 cm³/mol. The van der Waals surface area contributed by atoms with Gasteiger partial charge in [0.25, 0.3) is 0 Å². The van der Waals surface area contributed by atoms with E-state index in [9.17, 15) is 4.79 Å². The van der Waals surface area contributed by atoms with Gasteiger partial charge in [-0.1, -0.05) is 24.3 Å². The summed E-state index contributed by atoms with van der Waals surface area (Å²) in [6.45, 7) is 1.82. The van der Waals surface area contributed by atoms with Gasteiger partial charge in [0, 0.05) is 7.11 Å². The number of hydrogen-bond donors (Lipinski definition) is 2. The zero-order valence-electron chi connectivity index (χ0n) is 11.2. The van der Waals surface area contributed by atoms with Gasteiger partial charge in [0.2, 0.25) is 0 Å². The van der Waals surface area contributed by atoms with Crippen molar-refractivity contribution in [1.82, 2.24) is 0 Å². The maximum atomic E-state index is 10.9. The molecule has 0 bridgehead atoms. The number of nitrogens with two attached hydrogens (primary N) is 1. The Bertz CT molecular complexity index is 388. The highest BCUT2D eigenvalue weighted by Crippen LogP contribution is 2.35. The molecule has 0 radical (unpaired) electrons. The van der Waals surface area contributed by atoms with Crippen LogP contribution in [0.25, 0.3) is 0 Å². The van der Waals surface area contributed by atoms with E-state index in [0.29, 0.717) is 5.92 Å². The van der Waals surface area contributed by atoms with E-state index in [-0.39, 0.29) is 0 Å². The number of hydrogen-bond acceptors (Lipinski definition) is 3. The van der Waals surface area contributed by atoms with Crippen LogP contribution < -0.4 is 5.73 Å². The molecule has 1 aromatic carbocycles. The number of benzene rings is 1. The molecule has 0 aliphatic heterocycles. The molecule has 0 fully saturated rings. The molecule has 0 spiro atoms. The van der Waals surface area contributed by atoms with Gasteiger partial charge in [0.15, 0.2) is 0 Å². The Kier molecular flexibility index (Phi) is 5.51.